The number of benzene rings is 1. The molecule has 3 nitrogen and oxygen atoms in total. The average Bonchev–Trinajstić information content (AvgIpc) is 2.33. The van der Waals surface area contributed by atoms with Crippen LogP contribution in [-0.4, -0.2) is 29.7 Å². The molecule has 1 atom stereocenters. The summed E-state index contributed by atoms with van der Waals surface area (Å²) >= 11 is 0. The number of anilines is 1. The molecule has 3 N–H and O–H groups in total. The Morgan fingerprint density at radius 3 is 2.94 bits per heavy atom. The highest BCUT2D eigenvalue weighted by Crippen LogP contribution is 2.22. The van der Waals surface area contributed by atoms with Gasteiger partial charge < -0.3 is 10.8 Å². The van der Waals surface area contributed by atoms with Gasteiger partial charge in [0.15, 0.2) is 0 Å². The molecule has 1 unspecified atom stereocenters. The number of nitrogens with zero attached hydrogens (tertiary/aromatic N) is 1. The Kier molecular flexibility index (Phi) is 4.40. The third kappa shape index (κ3) is 3.45. The van der Waals surface area contributed by atoms with Crippen LogP contribution in [0.2, 0.25) is 0 Å². The normalized spacial score (nSPS) is 21.6. The van der Waals surface area contributed by atoms with Crippen LogP contribution in [0.3, 0.4) is 0 Å². The number of rotatable bonds is 4. The molecular weight excluding hydrogens is 212 g/mol. The third-order valence-electron chi connectivity index (χ3n) is 3.59. The Balaban J connectivity index is 1.92. The zero-order valence-corrected chi connectivity index (χ0v) is 10.3. The first-order chi connectivity index (χ1) is 8.29. The van der Waals surface area contributed by atoms with E-state index in [1.807, 2.05) is 18.2 Å². The number of para-hydroxylation sites is 1. The maximum atomic E-state index is 9.00. The Labute approximate surface area is 103 Å². The van der Waals surface area contributed by atoms with Gasteiger partial charge >= 0.3 is 0 Å². The fourth-order valence-electron chi connectivity index (χ4n) is 2.63. The first-order valence-corrected chi connectivity index (χ1v) is 6.46. The van der Waals surface area contributed by atoms with Crippen LogP contribution in [0.5, 0.6) is 0 Å². The molecule has 0 radical (unpaired) electrons. The van der Waals surface area contributed by atoms with Gasteiger partial charge in [-0.3, -0.25) is 4.90 Å². The van der Waals surface area contributed by atoms with Crippen molar-refractivity contribution in [2.24, 2.45) is 5.92 Å². The molecular formula is C14H22N2O. The number of hydrogen-bond donors (Lipinski definition) is 2. The molecule has 1 saturated heterocycles. The van der Waals surface area contributed by atoms with Gasteiger partial charge in [0.25, 0.3) is 0 Å². The molecule has 0 aromatic heterocycles. The first-order valence-electron chi connectivity index (χ1n) is 6.46. The summed E-state index contributed by atoms with van der Waals surface area (Å²) in [5, 5.41) is 9.00. The molecule has 1 fully saturated rings. The second kappa shape index (κ2) is 6.03. The molecule has 0 bridgehead atoms. The quantitative estimate of drug-likeness (QED) is 0.782. The van der Waals surface area contributed by atoms with Crippen molar-refractivity contribution >= 4 is 5.69 Å². The number of likely N-dealkylation sites (tertiary alicyclic amines) is 1. The molecule has 94 valence electrons. The largest absolute Gasteiger partial charge is 0.398 e. The molecule has 17 heavy (non-hydrogen) atoms. The van der Waals surface area contributed by atoms with E-state index in [-0.39, 0.29) is 0 Å². The van der Waals surface area contributed by atoms with Gasteiger partial charge in [0.2, 0.25) is 0 Å². The summed E-state index contributed by atoms with van der Waals surface area (Å²) in [4.78, 5) is 2.45. The second-order valence-corrected chi connectivity index (χ2v) is 4.95. The van der Waals surface area contributed by atoms with Gasteiger partial charge in [-0.2, -0.15) is 0 Å². The summed E-state index contributed by atoms with van der Waals surface area (Å²) < 4.78 is 0. The molecule has 0 amide bonds. The highest BCUT2D eigenvalue weighted by Gasteiger charge is 2.19. The summed E-state index contributed by atoms with van der Waals surface area (Å²) in [5.74, 6) is 0.652. The van der Waals surface area contributed by atoms with Crippen molar-refractivity contribution in [2.45, 2.75) is 25.8 Å². The van der Waals surface area contributed by atoms with Crippen LogP contribution in [0, 0.1) is 5.92 Å². The number of aliphatic hydroxyl groups is 1. The van der Waals surface area contributed by atoms with E-state index in [2.05, 4.69) is 11.0 Å². The number of nitrogens with two attached hydrogens (primary N) is 1. The van der Waals surface area contributed by atoms with Gasteiger partial charge in [0.05, 0.1) is 0 Å². The molecule has 3 heteroatoms. The Bertz CT molecular complexity index is 352. The number of hydrogen-bond acceptors (Lipinski definition) is 3. The van der Waals surface area contributed by atoms with E-state index in [1.165, 1.54) is 18.4 Å². The van der Waals surface area contributed by atoms with Crippen molar-refractivity contribution in [3.8, 4) is 0 Å². The van der Waals surface area contributed by atoms with Crippen LogP contribution in [0.15, 0.2) is 24.3 Å². The van der Waals surface area contributed by atoms with Crippen LogP contribution in [-0.2, 0) is 6.54 Å². The van der Waals surface area contributed by atoms with Gasteiger partial charge in [-0.05, 0) is 43.4 Å². The summed E-state index contributed by atoms with van der Waals surface area (Å²) in [6.45, 7) is 3.49. The summed E-state index contributed by atoms with van der Waals surface area (Å²) in [7, 11) is 0. The lowest BCUT2D eigenvalue weighted by Crippen LogP contribution is -2.35. The smallest absolute Gasteiger partial charge is 0.0434 e. The van der Waals surface area contributed by atoms with Crippen molar-refractivity contribution in [3.05, 3.63) is 29.8 Å². The minimum absolute atomic E-state index is 0.311. The molecule has 1 heterocycles. The Morgan fingerprint density at radius 2 is 2.18 bits per heavy atom. The summed E-state index contributed by atoms with van der Waals surface area (Å²) in [6, 6.07) is 8.08. The lowest BCUT2D eigenvalue weighted by atomic mass is 9.95. The van der Waals surface area contributed by atoms with Gasteiger partial charge in [-0.25, -0.2) is 0 Å². The molecule has 1 aliphatic rings. The van der Waals surface area contributed by atoms with Crippen molar-refractivity contribution < 1.29 is 5.11 Å². The van der Waals surface area contributed by atoms with E-state index >= 15 is 0 Å². The second-order valence-electron chi connectivity index (χ2n) is 4.95. The first kappa shape index (κ1) is 12.4. The molecule has 2 rings (SSSR count). The molecule has 1 aromatic rings. The van der Waals surface area contributed by atoms with Crippen molar-refractivity contribution in [3.63, 3.8) is 0 Å². The van der Waals surface area contributed by atoms with E-state index < -0.39 is 0 Å². The van der Waals surface area contributed by atoms with Gasteiger partial charge in [-0.15, -0.1) is 0 Å². The summed E-state index contributed by atoms with van der Waals surface area (Å²) in [5.41, 5.74) is 8.07. The van der Waals surface area contributed by atoms with Crippen LogP contribution >= 0.6 is 0 Å². The maximum absolute atomic E-state index is 9.00. The predicted octanol–water partition coefficient (Wildman–Crippen LogP) is 1.86. The number of aliphatic hydroxyl groups excluding tert-OH is 1. The Morgan fingerprint density at radius 1 is 1.35 bits per heavy atom. The molecule has 0 saturated carbocycles. The summed E-state index contributed by atoms with van der Waals surface area (Å²) in [6.07, 6.45) is 3.42. The zero-order valence-electron chi connectivity index (χ0n) is 10.3. The van der Waals surface area contributed by atoms with E-state index in [4.69, 9.17) is 10.8 Å². The number of piperidine rings is 1. The lowest BCUT2D eigenvalue weighted by Gasteiger charge is -2.32. The predicted molar refractivity (Wildman–Crippen MR) is 70.6 cm³/mol. The van der Waals surface area contributed by atoms with E-state index in [1.54, 1.807) is 0 Å². The average molecular weight is 234 g/mol. The fraction of sp³-hybridized carbons (Fsp3) is 0.571. The minimum atomic E-state index is 0.311. The molecule has 0 aliphatic carbocycles. The van der Waals surface area contributed by atoms with Crippen LogP contribution in [0.25, 0.3) is 0 Å². The third-order valence-corrected chi connectivity index (χ3v) is 3.59. The van der Waals surface area contributed by atoms with Crippen molar-refractivity contribution in [1.29, 1.82) is 0 Å². The van der Waals surface area contributed by atoms with Crippen molar-refractivity contribution in [2.75, 3.05) is 25.4 Å². The lowest BCUT2D eigenvalue weighted by molar-refractivity contribution is 0.142. The highest BCUT2D eigenvalue weighted by atomic mass is 16.3. The van der Waals surface area contributed by atoms with E-state index in [9.17, 15) is 0 Å². The van der Waals surface area contributed by atoms with E-state index in [0.717, 1.165) is 31.7 Å². The van der Waals surface area contributed by atoms with Crippen LogP contribution in [0.4, 0.5) is 5.69 Å². The topological polar surface area (TPSA) is 49.5 Å². The van der Waals surface area contributed by atoms with Crippen molar-refractivity contribution in [1.82, 2.24) is 4.90 Å². The Hall–Kier alpha value is -1.06. The SMILES string of the molecule is Nc1ccccc1CN1CCCC(CCO)C1. The molecule has 0 spiro atoms. The maximum Gasteiger partial charge on any atom is 0.0434 e. The molecule has 1 aliphatic heterocycles. The monoisotopic (exact) mass is 234 g/mol. The van der Waals surface area contributed by atoms with Crippen LogP contribution < -0.4 is 5.73 Å². The molecule has 1 aromatic carbocycles. The zero-order chi connectivity index (χ0) is 12.1. The van der Waals surface area contributed by atoms with Gasteiger partial charge in [0, 0.05) is 25.4 Å². The number of nitrogen functional groups attached to an aromatic ring is 1. The highest BCUT2D eigenvalue weighted by molar-refractivity contribution is 5.46. The van der Waals surface area contributed by atoms with E-state index in [0.29, 0.717) is 12.5 Å². The fourth-order valence-corrected chi connectivity index (χ4v) is 2.63. The van der Waals surface area contributed by atoms with Gasteiger partial charge in [0.1, 0.15) is 0 Å². The van der Waals surface area contributed by atoms with Gasteiger partial charge in [-0.1, -0.05) is 18.2 Å². The standard InChI is InChI=1S/C14H22N2O/c15-14-6-2-1-5-13(14)11-16-8-3-4-12(10-16)7-9-17/h1-2,5-6,12,17H,3-4,7-11,15H2. The van der Waals surface area contributed by atoms with Crippen LogP contribution in [0.1, 0.15) is 24.8 Å². The minimum Gasteiger partial charge on any atom is -0.398 e.